The number of alkyl halides is 1. The van der Waals surface area contributed by atoms with Gasteiger partial charge < -0.3 is 5.32 Å². The maximum atomic E-state index is 3.42. The van der Waals surface area contributed by atoms with E-state index in [0.29, 0.717) is 0 Å². The predicted octanol–water partition coefficient (Wildman–Crippen LogP) is 3.54. The van der Waals surface area contributed by atoms with E-state index in [2.05, 4.69) is 47.8 Å². The molecule has 0 fully saturated rings. The van der Waals surface area contributed by atoms with Gasteiger partial charge in [-0.15, -0.1) is 0 Å². The van der Waals surface area contributed by atoms with Crippen molar-refractivity contribution >= 4 is 22.6 Å². The molecule has 13 heavy (non-hydrogen) atoms. The van der Waals surface area contributed by atoms with E-state index in [0.717, 1.165) is 6.54 Å². The minimum Gasteiger partial charge on any atom is -0.313 e. The largest absolute Gasteiger partial charge is 0.313 e. The number of rotatable bonds is 8. The van der Waals surface area contributed by atoms with Crippen molar-refractivity contribution in [1.29, 1.82) is 0 Å². The van der Waals surface area contributed by atoms with Crippen LogP contribution in [0.3, 0.4) is 0 Å². The monoisotopic (exact) mass is 295 g/mol. The highest BCUT2D eigenvalue weighted by Gasteiger charge is 1.88. The molecular weight excluding hydrogens is 273 g/mol. The molecule has 0 aromatic rings. The zero-order valence-electron chi connectivity index (χ0n) is 8.91. The van der Waals surface area contributed by atoms with Crippen LogP contribution in [0.25, 0.3) is 0 Å². The first-order chi connectivity index (χ1) is 6.27. The average Bonchev–Trinajstić information content (AvgIpc) is 2.09. The summed E-state index contributed by atoms with van der Waals surface area (Å²) in [4.78, 5) is 0. The van der Waals surface area contributed by atoms with Gasteiger partial charge in [-0.05, 0) is 37.7 Å². The van der Waals surface area contributed by atoms with Gasteiger partial charge >= 0.3 is 0 Å². The molecule has 0 unspecified atom stereocenters. The molecule has 0 heterocycles. The van der Waals surface area contributed by atoms with Crippen LogP contribution in [0, 0.1) is 0 Å². The van der Waals surface area contributed by atoms with Crippen LogP contribution in [0.4, 0.5) is 0 Å². The second-order valence-electron chi connectivity index (χ2n) is 3.59. The molecule has 1 nitrogen and oxygen atoms in total. The van der Waals surface area contributed by atoms with Gasteiger partial charge in [0.2, 0.25) is 0 Å². The molecule has 0 saturated carbocycles. The quantitative estimate of drug-likeness (QED) is 0.312. The summed E-state index contributed by atoms with van der Waals surface area (Å²) >= 11 is 2.45. The smallest absolute Gasteiger partial charge is 0.0137 e. The van der Waals surface area contributed by atoms with Crippen molar-refractivity contribution in [3.63, 3.8) is 0 Å². The first-order valence-corrected chi connectivity index (χ1v) is 6.70. The summed E-state index contributed by atoms with van der Waals surface area (Å²) in [5.74, 6) is 0. The molecule has 0 aromatic carbocycles. The van der Waals surface area contributed by atoms with Crippen molar-refractivity contribution in [2.45, 2.75) is 39.5 Å². The maximum Gasteiger partial charge on any atom is 0.0137 e. The molecular formula is C11H22IN. The highest BCUT2D eigenvalue weighted by molar-refractivity contribution is 14.1. The molecule has 0 spiro atoms. The number of unbranched alkanes of at least 4 members (excludes halogenated alkanes) is 3. The van der Waals surface area contributed by atoms with Crippen molar-refractivity contribution in [2.75, 3.05) is 17.5 Å². The van der Waals surface area contributed by atoms with Crippen LogP contribution in [0.1, 0.15) is 39.5 Å². The molecule has 0 aromatic heterocycles. The second kappa shape index (κ2) is 10.5. The molecule has 2 heteroatoms. The van der Waals surface area contributed by atoms with Crippen molar-refractivity contribution in [1.82, 2.24) is 5.32 Å². The Labute approximate surface area is 96.5 Å². The molecule has 0 rings (SSSR count). The molecule has 0 aliphatic heterocycles. The summed E-state index contributed by atoms with van der Waals surface area (Å²) in [6, 6.07) is 0. The van der Waals surface area contributed by atoms with Gasteiger partial charge in [0, 0.05) is 6.54 Å². The van der Waals surface area contributed by atoms with E-state index < -0.39 is 0 Å². The molecule has 0 aliphatic rings. The lowest BCUT2D eigenvalue weighted by Gasteiger charge is -2.01. The average molecular weight is 295 g/mol. The zero-order chi connectivity index (χ0) is 9.94. The lowest BCUT2D eigenvalue weighted by Crippen LogP contribution is -2.15. The van der Waals surface area contributed by atoms with Gasteiger partial charge in [0.05, 0.1) is 0 Å². The van der Waals surface area contributed by atoms with Gasteiger partial charge in [-0.1, -0.05) is 47.1 Å². The SMILES string of the molecule is CC(C)=CCNCCCCCCI. The molecule has 0 radical (unpaired) electrons. The van der Waals surface area contributed by atoms with Gasteiger partial charge in [-0.2, -0.15) is 0 Å². The summed E-state index contributed by atoms with van der Waals surface area (Å²) < 4.78 is 1.31. The van der Waals surface area contributed by atoms with E-state index in [1.54, 1.807) is 0 Å². The Bertz CT molecular complexity index is 128. The first kappa shape index (κ1) is 13.4. The van der Waals surface area contributed by atoms with Gasteiger partial charge in [-0.3, -0.25) is 0 Å². The number of hydrogen-bond acceptors (Lipinski definition) is 1. The third-order valence-electron chi connectivity index (χ3n) is 1.89. The Morgan fingerprint density at radius 3 is 2.46 bits per heavy atom. The molecule has 0 aliphatic carbocycles. The van der Waals surface area contributed by atoms with E-state index in [-0.39, 0.29) is 0 Å². The third-order valence-corrected chi connectivity index (χ3v) is 2.65. The second-order valence-corrected chi connectivity index (χ2v) is 4.67. The predicted molar refractivity (Wildman–Crippen MR) is 69.7 cm³/mol. The van der Waals surface area contributed by atoms with Crippen molar-refractivity contribution in [3.05, 3.63) is 11.6 Å². The van der Waals surface area contributed by atoms with E-state index >= 15 is 0 Å². The van der Waals surface area contributed by atoms with Crippen LogP contribution < -0.4 is 5.32 Å². The maximum absolute atomic E-state index is 3.42. The molecule has 0 saturated heterocycles. The summed E-state index contributed by atoms with van der Waals surface area (Å²) in [6.45, 7) is 6.49. The third kappa shape index (κ3) is 12.4. The molecule has 0 atom stereocenters. The summed E-state index contributed by atoms with van der Waals surface area (Å²) in [7, 11) is 0. The summed E-state index contributed by atoms with van der Waals surface area (Å²) in [5.41, 5.74) is 1.40. The fourth-order valence-corrected chi connectivity index (χ4v) is 1.62. The Hall–Kier alpha value is 0.430. The van der Waals surface area contributed by atoms with Gasteiger partial charge in [0.15, 0.2) is 0 Å². The van der Waals surface area contributed by atoms with Gasteiger partial charge in [0.1, 0.15) is 0 Å². The van der Waals surface area contributed by atoms with E-state index in [4.69, 9.17) is 0 Å². The fourth-order valence-electron chi connectivity index (χ4n) is 1.08. The first-order valence-electron chi connectivity index (χ1n) is 5.17. The van der Waals surface area contributed by atoms with E-state index in [1.165, 1.54) is 42.2 Å². The number of allylic oxidation sites excluding steroid dienone is 1. The lowest BCUT2D eigenvalue weighted by molar-refractivity contribution is 0.623. The van der Waals surface area contributed by atoms with Crippen molar-refractivity contribution in [3.8, 4) is 0 Å². The van der Waals surface area contributed by atoms with Crippen molar-refractivity contribution in [2.24, 2.45) is 0 Å². The highest BCUT2D eigenvalue weighted by Crippen LogP contribution is 2.01. The minimum atomic E-state index is 1.04. The van der Waals surface area contributed by atoms with Crippen LogP contribution in [0.15, 0.2) is 11.6 Å². The molecule has 0 bridgehead atoms. The summed E-state index contributed by atoms with van der Waals surface area (Å²) in [5, 5.41) is 3.42. The Morgan fingerprint density at radius 2 is 1.85 bits per heavy atom. The summed E-state index contributed by atoms with van der Waals surface area (Å²) in [6.07, 6.45) is 7.73. The number of nitrogens with one attached hydrogen (secondary N) is 1. The van der Waals surface area contributed by atoms with Crippen LogP contribution in [-0.2, 0) is 0 Å². The van der Waals surface area contributed by atoms with Crippen LogP contribution in [0.5, 0.6) is 0 Å². The Kier molecular flexibility index (Phi) is 10.9. The van der Waals surface area contributed by atoms with E-state index in [9.17, 15) is 0 Å². The van der Waals surface area contributed by atoms with Crippen LogP contribution in [-0.4, -0.2) is 17.5 Å². The Balaban J connectivity index is 2.96. The minimum absolute atomic E-state index is 1.04. The molecule has 1 N–H and O–H groups in total. The van der Waals surface area contributed by atoms with Gasteiger partial charge in [-0.25, -0.2) is 0 Å². The molecule has 78 valence electrons. The Morgan fingerprint density at radius 1 is 1.15 bits per heavy atom. The highest BCUT2D eigenvalue weighted by atomic mass is 127. The van der Waals surface area contributed by atoms with Crippen LogP contribution in [0.2, 0.25) is 0 Å². The van der Waals surface area contributed by atoms with Gasteiger partial charge in [0.25, 0.3) is 0 Å². The molecule has 0 amide bonds. The van der Waals surface area contributed by atoms with Crippen molar-refractivity contribution < 1.29 is 0 Å². The normalized spacial score (nSPS) is 10.1. The van der Waals surface area contributed by atoms with Crippen LogP contribution >= 0.6 is 22.6 Å². The fraction of sp³-hybridized carbons (Fsp3) is 0.818. The standard InChI is InChI=1S/C11H22IN/c1-11(2)7-10-13-9-6-4-3-5-8-12/h7,13H,3-6,8-10H2,1-2H3. The van der Waals surface area contributed by atoms with E-state index in [1.807, 2.05) is 0 Å². The number of halogens is 1. The lowest BCUT2D eigenvalue weighted by atomic mass is 10.2. The number of hydrogen-bond donors (Lipinski definition) is 1. The zero-order valence-corrected chi connectivity index (χ0v) is 11.1. The topological polar surface area (TPSA) is 12.0 Å².